The van der Waals surface area contributed by atoms with E-state index >= 15 is 0 Å². The predicted molar refractivity (Wildman–Crippen MR) is 47.1 cm³/mol. The fourth-order valence-electron chi connectivity index (χ4n) is 1.45. The van der Waals surface area contributed by atoms with E-state index in [0.717, 1.165) is 18.0 Å². The average Bonchev–Trinajstić information content (AvgIpc) is 2.58. The van der Waals surface area contributed by atoms with Crippen molar-refractivity contribution >= 4 is 16.5 Å². The van der Waals surface area contributed by atoms with Crippen LogP contribution in [0.4, 0.5) is 5.13 Å². The Morgan fingerprint density at radius 3 is 2.92 bits per heavy atom. The normalized spacial score (nSPS) is 29.4. The van der Waals surface area contributed by atoms with Gasteiger partial charge >= 0.3 is 0 Å². The Morgan fingerprint density at radius 1 is 1.58 bits per heavy atom. The summed E-state index contributed by atoms with van der Waals surface area (Å²) < 4.78 is 5.43. The molecule has 12 heavy (non-hydrogen) atoms. The van der Waals surface area contributed by atoms with Gasteiger partial charge in [-0.2, -0.15) is 0 Å². The van der Waals surface area contributed by atoms with Crippen molar-refractivity contribution in [1.82, 2.24) is 10.2 Å². The number of hydrogen-bond acceptors (Lipinski definition) is 5. The van der Waals surface area contributed by atoms with Crippen LogP contribution in [0.1, 0.15) is 24.3 Å². The number of anilines is 1. The third-order valence-corrected chi connectivity index (χ3v) is 3.03. The lowest BCUT2D eigenvalue weighted by Gasteiger charge is -2.08. The average molecular weight is 185 g/mol. The van der Waals surface area contributed by atoms with Crippen molar-refractivity contribution in [3.8, 4) is 0 Å². The molecule has 1 saturated heterocycles. The van der Waals surface area contributed by atoms with Gasteiger partial charge in [-0.25, -0.2) is 0 Å². The molecule has 1 aromatic heterocycles. The van der Waals surface area contributed by atoms with Crippen LogP contribution in [0.2, 0.25) is 0 Å². The highest BCUT2D eigenvalue weighted by atomic mass is 32.1. The molecule has 2 atom stereocenters. The lowest BCUT2D eigenvalue weighted by Crippen LogP contribution is -2.08. The van der Waals surface area contributed by atoms with Crippen molar-refractivity contribution in [3.63, 3.8) is 0 Å². The Kier molecular flexibility index (Phi) is 1.98. The highest BCUT2D eigenvalue weighted by Gasteiger charge is 2.28. The van der Waals surface area contributed by atoms with Crippen LogP contribution < -0.4 is 5.73 Å². The molecular formula is C7H11N3OS. The Labute approximate surface area is 74.8 Å². The minimum absolute atomic E-state index is 0.261. The molecule has 66 valence electrons. The van der Waals surface area contributed by atoms with E-state index in [-0.39, 0.29) is 6.10 Å². The molecule has 0 saturated carbocycles. The van der Waals surface area contributed by atoms with Crippen LogP contribution in [-0.2, 0) is 4.74 Å². The molecule has 2 rings (SSSR count). The lowest BCUT2D eigenvalue weighted by atomic mass is 10.0. The van der Waals surface area contributed by atoms with Gasteiger partial charge in [0.2, 0.25) is 5.13 Å². The summed E-state index contributed by atoms with van der Waals surface area (Å²) in [6.45, 7) is 2.89. The maximum absolute atomic E-state index is 5.50. The molecule has 1 aromatic rings. The largest absolute Gasteiger partial charge is 0.378 e. The second-order valence-corrected chi connectivity index (χ2v) is 3.99. The molecule has 0 amide bonds. The minimum Gasteiger partial charge on any atom is -0.378 e. The van der Waals surface area contributed by atoms with E-state index in [1.165, 1.54) is 11.3 Å². The molecule has 4 nitrogen and oxygen atoms in total. The molecule has 5 heteroatoms. The topological polar surface area (TPSA) is 61.0 Å². The van der Waals surface area contributed by atoms with Crippen molar-refractivity contribution in [3.05, 3.63) is 5.01 Å². The fourth-order valence-corrected chi connectivity index (χ4v) is 2.29. The molecule has 0 spiro atoms. The zero-order chi connectivity index (χ0) is 8.55. The van der Waals surface area contributed by atoms with Crippen molar-refractivity contribution < 1.29 is 4.74 Å². The van der Waals surface area contributed by atoms with Crippen molar-refractivity contribution in [1.29, 1.82) is 0 Å². The second-order valence-electron chi connectivity index (χ2n) is 2.95. The van der Waals surface area contributed by atoms with E-state index in [2.05, 4.69) is 17.1 Å². The molecule has 1 aliphatic heterocycles. The van der Waals surface area contributed by atoms with Gasteiger partial charge in [-0.05, 0) is 13.3 Å². The first-order valence-corrected chi connectivity index (χ1v) is 4.79. The molecule has 0 aromatic carbocycles. The van der Waals surface area contributed by atoms with Gasteiger partial charge in [0.1, 0.15) is 5.01 Å². The third kappa shape index (κ3) is 1.30. The van der Waals surface area contributed by atoms with E-state index in [1.807, 2.05) is 0 Å². The van der Waals surface area contributed by atoms with Crippen molar-refractivity contribution in [2.24, 2.45) is 0 Å². The Morgan fingerprint density at radius 2 is 2.42 bits per heavy atom. The van der Waals surface area contributed by atoms with Gasteiger partial charge in [-0.15, -0.1) is 10.2 Å². The van der Waals surface area contributed by atoms with Crippen LogP contribution in [0.15, 0.2) is 0 Å². The first-order chi connectivity index (χ1) is 5.77. The highest BCUT2D eigenvalue weighted by Crippen LogP contribution is 2.33. The Bertz CT molecular complexity index is 275. The minimum atomic E-state index is 0.261. The van der Waals surface area contributed by atoms with E-state index in [4.69, 9.17) is 10.5 Å². The Balaban J connectivity index is 2.19. The monoisotopic (exact) mass is 185 g/mol. The SMILES string of the molecule is CC1OCCC1c1nnc(N)s1. The number of nitrogen functional groups attached to an aromatic ring is 1. The number of hydrogen-bond donors (Lipinski definition) is 1. The molecule has 1 aliphatic rings. The third-order valence-electron chi connectivity index (χ3n) is 2.15. The highest BCUT2D eigenvalue weighted by molar-refractivity contribution is 7.15. The van der Waals surface area contributed by atoms with E-state index in [9.17, 15) is 0 Å². The summed E-state index contributed by atoms with van der Waals surface area (Å²) in [5, 5.41) is 9.36. The van der Waals surface area contributed by atoms with Crippen LogP contribution in [-0.4, -0.2) is 22.9 Å². The number of ether oxygens (including phenoxy) is 1. The molecule has 2 N–H and O–H groups in total. The van der Waals surface area contributed by atoms with Gasteiger partial charge < -0.3 is 10.5 Å². The summed E-state index contributed by atoms with van der Waals surface area (Å²) in [4.78, 5) is 0. The maximum atomic E-state index is 5.50. The smallest absolute Gasteiger partial charge is 0.203 e. The van der Waals surface area contributed by atoms with Gasteiger partial charge in [0.25, 0.3) is 0 Å². The Hall–Kier alpha value is -0.680. The van der Waals surface area contributed by atoms with E-state index in [1.54, 1.807) is 0 Å². The number of nitrogens with zero attached hydrogens (tertiary/aromatic N) is 2. The van der Waals surface area contributed by atoms with Gasteiger partial charge in [0, 0.05) is 12.5 Å². The zero-order valence-electron chi connectivity index (χ0n) is 6.86. The summed E-state index contributed by atoms with van der Waals surface area (Å²) in [7, 11) is 0. The number of aromatic nitrogens is 2. The summed E-state index contributed by atoms with van der Waals surface area (Å²) in [6, 6.07) is 0. The van der Waals surface area contributed by atoms with E-state index in [0.29, 0.717) is 11.0 Å². The first kappa shape index (κ1) is 7.94. The van der Waals surface area contributed by atoms with Crippen molar-refractivity contribution in [2.45, 2.75) is 25.4 Å². The van der Waals surface area contributed by atoms with Crippen LogP contribution >= 0.6 is 11.3 Å². The maximum Gasteiger partial charge on any atom is 0.203 e. The van der Waals surface area contributed by atoms with Crippen LogP contribution in [0, 0.1) is 0 Å². The van der Waals surface area contributed by atoms with Crippen molar-refractivity contribution in [2.75, 3.05) is 12.3 Å². The quantitative estimate of drug-likeness (QED) is 0.709. The zero-order valence-corrected chi connectivity index (χ0v) is 7.67. The van der Waals surface area contributed by atoms with E-state index < -0.39 is 0 Å². The summed E-state index contributed by atoms with van der Waals surface area (Å²) in [5.41, 5.74) is 5.50. The first-order valence-electron chi connectivity index (χ1n) is 3.98. The second kappa shape index (κ2) is 2.99. The summed E-state index contributed by atoms with van der Waals surface area (Å²) in [6.07, 6.45) is 1.30. The van der Waals surface area contributed by atoms with Crippen LogP contribution in [0.25, 0.3) is 0 Å². The molecule has 0 radical (unpaired) electrons. The molecule has 0 bridgehead atoms. The molecular weight excluding hydrogens is 174 g/mol. The van der Waals surface area contributed by atoms with Crippen LogP contribution in [0.3, 0.4) is 0 Å². The van der Waals surface area contributed by atoms with Gasteiger partial charge in [0.15, 0.2) is 0 Å². The van der Waals surface area contributed by atoms with Gasteiger partial charge in [0.05, 0.1) is 6.10 Å². The molecule has 2 heterocycles. The number of rotatable bonds is 1. The van der Waals surface area contributed by atoms with Crippen LogP contribution in [0.5, 0.6) is 0 Å². The standard InChI is InChI=1S/C7H11N3OS/c1-4-5(2-3-11-4)6-9-10-7(8)12-6/h4-5H,2-3H2,1H3,(H2,8,10). The lowest BCUT2D eigenvalue weighted by molar-refractivity contribution is 0.118. The summed E-state index contributed by atoms with van der Waals surface area (Å²) in [5.74, 6) is 0.403. The predicted octanol–water partition coefficient (Wildman–Crippen LogP) is 1.01. The summed E-state index contributed by atoms with van der Waals surface area (Å²) >= 11 is 1.46. The molecule has 1 fully saturated rings. The molecule has 0 aliphatic carbocycles. The van der Waals surface area contributed by atoms with Gasteiger partial charge in [-0.1, -0.05) is 11.3 Å². The molecule has 2 unspecified atom stereocenters. The fraction of sp³-hybridized carbons (Fsp3) is 0.714. The van der Waals surface area contributed by atoms with Gasteiger partial charge in [-0.3, -0.25) is 0 Å². The number of nitrogens with two attached hydrogens (primary N) is 1.